The molecule has 0 unspecified atom stereocenters. The van der Waals surface area contributed by atoms with Gasteiger partial charge >= 0.3 is 144 Å². The second-order valence-corrected chi connectivity index (χ2v) is 22.5. The molecule has 112 valence electrons. The first-order chi connectivity index (χ1) is 10.00. The fraction of sp³-hybridized carbons (Fsp3) is 0.0769. The Morgan fingerprint density at radius 2 is 1.57 bits per heavy atom. The van der Waals surface area contributed by atoms with E-state index >= 15 is 0 Å². The molecule has 2 N–H and O–H groups in total. The first-order valence-electron chi connectivity index (χ1n) is 6.38. The van der Waals surface area contributed by atoms with Crippen LogP contribution in [0.15, 0.2) is 60.7 Å². The SMILES string of the molecule is C[PH](N)(SN1SP(=S)(c2ccccc2)S1)c1ccccc1. The Morgan fingerprint density at radius 1 is 1.05 bits per heavy atom. The van der Waals surface area contributed by atoms with Gasteiger partial charge in [-0.25, -0.2) is 0 Å². The Morgan fingerprint density at radius 3 is 2.14 bits per heavy atom. The molecule has 0 amide bonds. The van der Waals surface area contributed by atoms with Gasteiger partial charge in [-0.1, -0.05) is 0 Å². The van der Waals surface area contributed by atoms with E-state index in [0.717, 1.165) is 0 Å². The molecule has 1 heterocycles. The average molecular weight is 391 g/mol. The van der Waals surface area contributed by atoms with Gasteiger partial charge in [0.15, 0.2) is 0 Å². The second-order valence-electron chi connectivity index (χ2n) is 4.78. The van der Waals surface area contributed by atoms with Gasteiger partial charge in [0.2, 0.25) is 0 Å². The average Bonchev–Trinajstić information content (AvgIpc) is 2.47. The Balaban J connectivity index is 1.66. The van der Waals surface area contributed by atoms with Crippen molar-refractivity contribution in [3.05, 3.63) is 60.7 Å². The van der Waals surface area contributed by atoms with Crippen molar-refractivity contribution in [3.63, 3.8) is 0 Å². The van der Waals surface area contributed by atoms with E-state index in [9.17, 15) is 0 Å². The molecule has 0 spiro atoms. The third-order valence-electron chi connectivity index (χ3n) is 3.03. The summed E-state index contributed by atoms with van der Waals surface area (Å²) in [5.41, 5.74) is 6.59. The van der Waals surface area contributed by atoms with Crippen molar-refractivity contribution in [2.24, 2.45) is 5.50 Å². The number of nitrogens with two attached hydrogens (primary N) is 1. The van der Waals surface area contributed by atoms with Crippen LogP contribution in [0.3, 0.4) is 0 Å². The van der Waals surface area contributed by atoms with Gasteiger partial charge in [-0.2, -0.15) is 0 Å². The second kappa shape index (κ2) is 6.54. The molecule has 8 heteroatoms. The van der Waals surface area contributed by atoms with Crippen LogP contribution in [-0.4, -0.2) is 9.78 Å². The van der Waals surface area contributed by atoms with Crippen LogP contribution in [0.1, 0.15) is 0 Å². The molecule has 2 aromatic rings. The molecular weight excluding hydrogens is 374 g/mol. The number of hydrogen-bond acceptors (Lipinski definition) is 6. The van der Waals surface area contributed by atoms with Gasteiger partial charge in [0.1, 0.15) is 0 Å². The number of benzene rings is 2. The molecule has 0 bridgehead atoms. The molecule has 0 radical (unpaired) electrons. The van der Waals surface area contributed by atoms with Crippen molar-refractivity contribution >= 4 is 68.2 Å². The van der Waals surface area contributed by atoms with E-state index in [0.29, 0.717) is 0 Å². The Hall–Kier alpha value is 0.490. The maximum absolute atomic E-state index is 6.59. The van der Waals surface area contributed by atoms with E-state index in [1.165, 1.54) is 10.6 Å². The molecule has 0 atom stereocenters. The first-order valence-corrected chi connectivity index (χ1v) is 16.0. The number of hydrogen-bond donors (Lipinski definition) is 1. The third kappa shape index (κ3) is 3.70. The van der Waals surface area contributed by atoms with Gasteiger partial charge in [-0.05, 0) is 0 Å². The van der Waals surface area contributed by atoms with E-state index in [-0.39, 0.29) is 0 Å². The van der Waals surface area contributed by atoms with E-state index in [2.05, 4.69) is 58.3 Å². The summed E-state index contributed by atoms with van der Waals surface area (Å²) in [6.45, 7) is 0.176. The molecule has 0 aliphatic carbocycles. The van der Waals surface area contributed by atoms with Gasteiger partial charge in [-0.3, -0.25) is 0 Å². The molecular formula is C13H16N2P2S4. The number of rotatable bonds is 4. The molecule has 2 nitrogen and oxygen atoms in total. The van der Waals surface area contributed by atoms with Gasteiger partial charge in [0.05, 0.1) is 0 Å². The van der Waals surface area contributed by atoms with Crippen molar-refractivity contribution in [1.29, 1.82) is 0 Å². The van der Waals surface area contributed by atoms with Crippen LogP contribution in [-0.2, 0) is 11.8 Å². The van der Waals surface area contributed by atoms with Crippen LogP contribution in [0.5, 0.6) is 0 Å². The Bertz CT molecular complexity index is 656. The first kappa shape index (κ1) is 16.4. The van der Waals surface area contributed by atoms with Gasteiger partial charge in [0, 0.05) is 0 Å². The zero-order valence-electron chi connectivity index (χ0n) is 11.4. The summed E-state index contributed by atoms with van der Waals surface area (Å²) in [5.74, 6) is 0. The summed E-state index contributed by atoms with van der Waals surface area (Å²) >= 11 is 11.2. The Kier molecular flexibility index (Phi) is 5.09. The zero-order valence-corrected chi connectivity index (χ0v) is 16.5. The molecule has 1 aliphatic rings. The summed E-state index contributed by atoms with van der Waals surface area (Å²) in [7, 11) is 0. The summed E-state index contributed by atoms with van der Waals surface area (Å²) in [4.78, 5) is 0. The molecule has 0 aromatic heterocycles. The van der Waals surface area contributed by atoms with Crippen molar-refractivity contribution in [2.75, 3.05) is 6.66 Å². The van der Waals surface area contributed by atoms with Crippen LogP contribution in [0.4, 0.5) is 0 Å². The standard InChI is InChI=1S/C13H16N2P2S4/c1-16(14,12-8-4-2-5-9-12)19-15-20-17(18,21-15)13-10-6-3-7-11-13/h2-11,16H,14H2,1H3. The fourth-order valence-corrected chi connectivity index (χ4v) is 21.8. The van der Waals surface area contributed by atoms with Crippen LogP contribution in [0.25, 0.3) is 0 Å². The molecule has 1 aliphatic heterocycles. The van der Waals surface area contributed by atoms with Crippen molar-refractivity contribution in [3.8, 4) is 0 Å². The topological polar surface area (TPSA) is 29.3 Å². The summed E-state index contributed by atoms with van der Waals surface area (Å²) < 4.78 is 0.675. The summed E-state index contributed by atoms with van der Waals surface area (Å²) in [5, 5.41) is 2.54. The van der Waals surface area contributed by atoms with E-state index in [1.54, 1.807) is 34.7 Å². The van der Waals surface area contributed by atoms with E-state index < -0.39 is 11.1 Å². The zero-order chi connectivity index (χ0) is 14.9. The molecule has 2 aromatic carbocycles. The molecule has 21 heavy (non-hydrogen) atoms. The summed E-state index contributed by atoms with van der Waals surface area (Å²) in [6, 6.07) is 20.8. The van der Waals surface area contributed by atoms with E-state index in [1.807, 2.05) is 12.1 Å². The van der Waals surface area contributed by atoms with Crippen LogP contribution in [0, 0.1) is 0 Å². The van der Waals surface area contributed by atoms with Crippen molar-refractivity contribution < 1.29 is 0 Å². The van der Waals surface area contributed by atoms with Crippen LogP contribution in [0.2, 0.25) is 0 Å². The predicted molar refractivity (Wildman–Crippen MR) is 109 cm³/mol. The van der Waals surface area contributed by atoms with Gasteiger partial charge in [-0.15, -0.1) is 0 Å². The van der Waals surface area contributed by atoms with Gasteiger partial charge < -0.3 is 0 Å². The van der Waals surface area contributed by atoms with Gasteiger partial charge in [0.25, 0.3) is 0 Å². The monoisotopic (exact) mass is 390 g/mol. The molecule has 1 saturated heterocycles. The molecule has 1 fully saturated rings. The van der Waals surface area contributed by atoms with E-state index in [4.69, 9.17) is 17.3 Å². The maximum atomic E-state index is 6.59. The quantitative estimate of drug-likeness (QED) is 0.616. The van der Waals surface area contributed by atoms with Crippen LogP contribution >= 0.6 is 45.8 Å². The van der Waals surface area contributed by atoms with Crippen molar-refractivity contribution in [2.45, 2.75) is 0 Å². The molecule has 3 rings (SSSR count). The van der Waals surface area contributed by atoms with Crippen molar-refractivity contribution in [1.82, 2.24) is 3.12 Å². The fourth-order valence-electron chi connectivity index (χ4n) is 1.90. The number of nitrogens with zero attached hydrogens (tertiary/aromatic N) is 1. The minimum atomic E-state index is -2.00. The third-order valence-corrected chi connectivity index (χ3v) is 19.1. The molecule has 0 saturated carbocycles. The predicted octanol–water partition coefficient (Wildman–Crippen LogP) is 4.38. The minimum absolute atomic E-state index is 1.26. The van der Waals surface area contributed by atoms with Crippen LogP contribution < -0.4 is 16.1 Å². The summed E-state index contributed by atoms with van der Waals surface area (Å²) in [6.07, 6.45) is 0. The Labute approximate surface area is 143 Å². The normalized spacial score (nSPS) is 19.0.